The van der Waals surface area contributed by atoms with E-state index >= 15 is 0 Å². The zero-order valence-electron chi connectivity index (χ0n) is 15.1. The quantitative estimate of drug-likeness (QED) is 0.311. The van der Waals surface area contributed by atoms with E-state index in [4.69, 9.17) is 4.74 Å². The number of hydrogen-bond acceptors (Lipinski definition) is 8. The number of aliphatic imine (C=N–C) groups is 1. The van der Waals surface area contributed by atoms with E-state index in [9.17, 15) is 24.0 Å². The number of rotatable bonds is 5. The highest BCUT2D eigenvalue weighted by Crippen LogP contribution is 2.38. The van der Waals surface area contributed by atoms with E-state index in [-0.39, 0.29) is 57.5 Å². The van der Waals surface area contributed by atoms with Crippen LogP contribution in [0.2, 0.25) is 0 Å². The minimum atomic E-state index is -0.637. The molecule has 0 aliphatic carbocycles. The zero-order chi connectivity index (χ0) is 20.0. The van der Waals surface area contributed by atoms with Crippen molar-refractivity contribution in [2.24, 2.45) is 4.99 Å². The maximum absolute atomic E-state index is 13.0. The first kappa shape index (κ1) is 18.1. The lowest BCUT2D eigenvalue weighted by Gasteiger charge is -2.40. The van der Waals surface area contributed by atoms with Gasteiger partial charge in [-0.1, -0.05) is 0 Å². The van der Waals surface area contributed by atoms with Crippen molar-refractivity contribution in [2.75, 3.05) is 39.7 Å². The Morgan fingerprint density at radius 1 is 1.14 bits per heavy atom. The molecule has 12 heteroatoms. The smallest absolute Gasteiger partial charge is 0.326 e. The van der Waals surface area contributed by atoms with E-state index in [1.54, 1.807) is 11.8 Å². The number of ketones is 1. The molecule has 12 nitrogen and oxygen atoms in total. The summed E-state index contributed by atoms with van der Waals surface area (Å²) in [6, 6.07) is -0.710. The van der Waals surface area contributed by atoms with Crippen LogP contribution in [0.3, 0.4) is 0 Å². The highest BCUT2D eigenvalue weighted by molar-refractivity contribution is 6.46. The van der Waals surface area contributed by atoms with Gasteiger partial charge in [0.05, 0.1) is 39.1 Å². The molecule has 4 amide bonds. The van der Waals surface area contributed by atoms with Gasteiger partial charge in [-0.15, -0.1) is 0 Å². The van der Waals surface area contributed by atoms with Gasteiger partial charge in [0.1, 0.15) is 18.3 Å². The zero-order valence-corrected chi connectivity index (χ0v) is 15.1. The first-order chi connectivity index (χ1) is 13.5. The second-order valence-corrected chi connectivity index (χ2v) is 6.72. The molecule has 28 heavy (non-hydrogen) atoms. The van der Waals surface area contributed by atoms with Crippen LogP contribution in [0.25, 0.3) is 0 Å². The first-order valence-electron chi connectivity index (χ1n) is 8.77. The second kappa shape index (κ2) is 6.73. The monoisotopic (exact) mass is 390 g/mol. The van der Waals surface area contributed by atoms with Gasteiger partial charge in [0.15, 0.2) is 12.3 Å². The molecule has 0 aromatic carbocycles. The van der Waals surface area contributed by atoms with Crippen molar-refractivity contribution >= 4 is 35.5 Å². The summed E-state index contributed by atoms with van der Waals surface area (Å²) in [5.74, 6) is 0.336. The Labute approximate surface area is 159 Å². The Morgan fingerprint density at radius 2 is 1.79 bits per heavy atom. The summed E-state index contributed by atoms with van der Waals surface area (Å²) in [4.78, 5) is 71.8. The summed E-state index contributed by atoms with van der Waals surface area (Å²) in [5.41, 5.74) is 0.0219. The number of urea groups is 2. The molecular weight excluding hydrogens is 372 g/mol. The van der Waals surface area contributed by atoms with Crippen molar-refractivity contribution in [3.8, 4) is 0 Å². The molecule has 3 saturated heterocycles. The lowest BCUT2D eigenvalue weighted by Crippen LogP contribution is -2.60. The fourth-order valence-electron chi connectivity index (χ4n) is 3.99. The summed E-state index contributed by atoms with van der Waals surface area (Å²) in [7, 11) is 0. The van der Waals surface area contributed by atoms with Crippen molar-refractivity contribution in [2.45, 2.75) is 19.3 Å². The molecule has 0 N–H and O–H groups in total. The number of ether oxygens (including phenoxy) is 1. The Bertz CT molecular complexity index is 835. The van der Waals surface area contributed by atoms with Gasteiger partial charge in [0, 0.05) is 0 Å². The minimum Gasteiger partial charge on any atom is -0.465 e. The van der Waals surface area contributed by atoms with E-state index < -0.39 is 24.1 Å². The minimum absolute atomic E-state index is 0.0219. The summed E-state index contributed by atoms with van der Waals surface area (Å²) < 4.78 is 4.95. The third-order valence-electron chi connectivity index (χ3n) is 5.10. The van der Waals surface area contributed by atoms with Crippen LogP contribution < -0.4 is 0 Å². The number of carbonyl (C=O) groups excluding carboxylic acids is 5. The Hall–Kier alpha value is -3.24. The third-order valence-corrected chi connectivity index (χ3v) is 5.10. The molecule has 0 radical (unpaired) electrons. The van der Waals surface area contributed by atoms with E-state index in [2.05, 4.69) is 4.99 Å². The van der Waals surface area contributed by atoms with Crippen LogP contribution in [0.4, 0.5) is 9.59 Å². The summed E-state index contributed by atoms with van der Waals surface area (Å²) in [5, 5.41) is 0. The van der Waals surface area contributed by atoms with Crippen LogP contribution in [0.5, 0.6) is 0 Å². The summed E-state index contributed by atoms with van der Waals surface area (Å²) >= 11 is 0. The molecule has 3 fully saturated rings. The molecule has 4 aliphatic heterocycles. The molecule has 2 atom stereocenters. The van der Waals surface area contributed by atoms with Gasteiger partial charge in [-0.25, -0.2) is 14.4 Å². The van der Waals surface area contributed by atoms with Gasteiger partial charge in [-0.3, -0.25) is 39.1 Å². The van der Waals surface area contributed by atoms with Crippen molar-refractivity contribution in [1.29, 1.82) is 0 Å². The molecule has 148 valence electrons. The van der Waals surface area contributed by atoms with Crippen LogP contribution in [0.1, 0.15) is 6.92 Å². The Kier molecular flexibility index (Phi) is 4.36. The van der Waals surface area contributed by atoms with Crippen molar-refractivity contribution in [1.82, 2.24) is 24.5 Å². The molecule has 0 bridgehead atoms. The van der Waals surface area contributed by atoms with Gasteiger partial charge >= 0.3 is 18.0 Å². The van der Waals surface area contributed by atoms with E-state index in [1.165, 1.54) is 25.5 Å². The number of amides is 4. The SMILES string of the molecule is CCOC(=O)CN1CN2C(=O)N3CN=C(C(=O)C=C=O)CN4C(=O)N(C1)C2C34. The lowest BCUT2D eigenvalue weighted by atomic mass is 10.2. The average Bonchev–Trinajstić information content (AvgIpc) is 2.98. The molecule has 0 saturated carbocycles. The molecule has 4 aliphatic rings. The second-order valence-electron chi connectivity index (χ2n) is 6.72. The van der Waals surface area contributed by atoms with E-state index in [0.29, 0.717) is 0 Å². The standard InChI is InChI=1S/C16H18N6O6/c1-2-28-12(25)6-18-8-21-14-13-19(15(21)26)5-10(11(24)3-4-23)17-7-20(13)16(27)22(14)9-18/h3,13-14H,2,5-9H2,1H3. The predicted molar refractivity (Wildman–Crippen MR) is 91.2 cm³/mol. The molecule has 4 rings (SSSR count). The molecule has 2 unspecified atom stereocenters. The maximum Gasteiger partial charge on any atom is 0.326 e. The van der Waals surface area contributed by atoms with Crippen LogP contribution in [0.15, 0.2) is 11.1 Å². The lowest BCUT2D eigenvalue weighted by molar-refractivity contribution is -0.147. The van der Waals surface area contributed by atoms with Gasteiger partial charge < -0.3 is 4.74 Å². The molecule has 4 heterocycles. The largest absolute Gasteiger partial charge is 0.465 e. The number of hydrogen-bond donors (Lipinski definition) is 0. The van der Waals surface area contributed by atoms with Gasteiger partial charge in [-0.2, -0.15) is 0 Å². The van der Waals surface area contributed by atoms with Gasteiger partial charge in [0.2, 0.25) is 5.78 Å². The fourth-order valence-corrected chi connectivity index (χ4v) is 3.99. The highest BCUT2D eigenvalue weighted by Gasteiger charge is 2.62. The first-order valence-corrected chi connectivity index (χ1v) is 8.77. The van der Waals surface area contributed by atoms with E-state index in [0.717, 1.165) is 6.08 Å². The molecule has 0 spiro atoms. The van der Waals surface area contributed by atoms with Crippen molar-refractivity contribution < 1.29 is 28.7 Å². The van der Waals surface area contributed by atoms with Crippen LogP contribution >= 0.6 is 0 Å². The number of allylic oxidation sites excluding steroid dienone is 1. The van der Waals surface area contributed by atoms with Crippen LogP contribution in [-0.2, 0) is 19.1 Å². The Morgan fingerprint density at radius 3 is 2.43 bits per heavy atom. The maximum atomic E-state index is 13.0. The Balaban J connectivity index is 1.61. The van der Waals surface area contributed by atoms with Crippen LogP contribution in [-0.4, -0.2) is 112 Å². The highest BCUT2D eigenvalue weighted by atomic mass is 16.5. The number of esters is 1. The normalized spacial score (nSPS) is 26.0. The van der Waals surface area contributed by atoms with E-state index in [1.807, 2.05) is 0 Å². The van der Waals surface area contributed by atoms with Crippen molar-refractivity contribution in [3.05, 3.63) is 6.08 Å². The predicted octanol–water partition coefficient (Wildman–Crippen LogP) is -1.72. The van der Waals surface area contributed by atoms with Crippen molar-refractivity contribution in [3.63, 3.8) is 0 Å². The van der Waals surface area contributed by atoms with Gasteiger partial charge in [-0.05, 0) is 6.92 Å². The van der Waals surface area contributed by atoms with Gasteiger partial charge in [0.25, 0.3) is 0 Å². The molecule has 0 aromatic rings. The number of carbonyl (C=O) groups is 4. The third kappa shape index (κ3) is 2.65. The number of nitrogens with zero attached hydrogens (tertiary/aromatic N) is 6. The molecule has 0 aromatic heterocycles. The van der Waals surface area contributed by atoms with Crippen LogP contribution in [0, 0.1) is 0 Å². The molecular formula is C16H18N6O6. The summed E-state index contributed by atoms with van der Waals surface area (Å²) in [6.07, 6.45) is -0.387. The average molecular weight is 390 g/mol. The summed E-state index contributed by atoms with van der Waals surface area (Å²) in [6.45, 7) is 2.02. The fraction of sp³-hybridized carbons (Fsp3) is 0.562. The topological polar surface area (TPSA) is 123 Å².